The summed E-state index contributed by atoms with van der Waals surface area (Å²) < 4.78 is 0. The molecule has 0 aliphatic heterocycles. The van der Waals surface area contributed by atoms with Crippen LogP contribution in [-0.4, -0.2) is 29.0 Å². The Morgan fingerprint density at radius 3 is 2.81 bits per heavy atom. The van der Waals surface area contributed by atoms with Crippen LogP contribution in [0.15, 0.2) is 12.4 Å². The number of nitrogens with zero attached hydrogens (tertiary/aromatic N) is 2. The molecule has 1 aromatic rings. The first-order valence-electron chi connectivity index (χ1n) is 5.25. The number of halogens is 1. The molecule has 1 fully saturated rings. The summed E-state index contributed by atoms with van der Waals surface area (Å²) in [4.78, 5) is 19.2. The van der Waals surface area contributed by atoms with E-state index >= 15 is 0 Å². The van der Waals surface area contributed by atoms with Crippen molar-refractivity contribution < 1.29 is 4.79 Å². The van der Waals surface area contributed by atoms with Crippen molar-refractivity contribution in [3.8, 4) is 0 Å². The third kappa shape index (κ3) is 3.06. The SMILES string of the molecule is O=C(NCCNc1nccnc1Cl)C1CC1. The molecule has 0 unspecified atom stereocenters. The second-order valence-electron chi connectivity index (χ2n) is 3.69. The second-order valence-corrected chi connectivity index (χ2v) is 4.05. The maximum Gasteiger partial charge on any atom is 0.223 e. The van der Waals surface area contributed by atoms with E-state index in [0.717, 1.165) is 12.8 Å². The normalized spacial score (nSPS) is 14.6. The van der Waals surface area contributed by atoms with E-state index in [0.29, 0.717) is 24.1 Å². The van der Waals surface area contributed by atoms with E-state index in [1.165, 1.54) is 6.20 Å². The summed E-state index contributed by atoms with van der Waals surface area (Å²) in [7, 11) is 0. The summed E-state index contributed by atoms with van der Waals surface area (Å²) in [6, 6.07) is 0. The molecule has 0 radical (unpaired) electrons. The Labute approximate surface area is 98.6 Å². The molecule has 0 spiro atoms. The zero-order valence-corrected chi connectivity index (χ0v) is 9.50. The average Bonchev–Trinajstić information content (AvgIpc) is 3.10. The van der Waals surface area contributed by atoms with Crippen molar-refractivity contribution in [3.63, 3.8) is 0 Å². The smallest absolute Gasteiger partial charge is 0.223 e. The van der Waals surface area contributed by atoms with Gasteiger partial charge >= 0.3 is 0 Å². The third-order valence-corrected chi connectivity index (χ3v) is 2.60. The minimum Gasteiger partial charge on any atom is -0.366 e. The van der Waals surface area contributed by atoms with Crippen LogP contribution in [-0.2, 0) is 4.79 Å². The maximum atomic E-state index is 11.3. The van der Waals surface area contributed by atoms with Crippen LogP contribution in [0.3, 0.4) is 0 Å². The monoisotopic (exact) mass is 240 g/mol. The zero-order valence-electron chi connectivity index (χ0n) is 8.74. The number of nitrogens with one attached hydrogen (secondary N) is 2. The number of anilines is 1. The zero-order chi connectivity index (χ0) is 11.4. The van der Waals surface area contributed by atoms with Crippen molar-refractivity contribution in [2.45, 2.75) is 12.8 Å². The third-order valence-electron chi connectivity index (χ3n) is 2.32. The molecule has 1 saturated carbocycles. The largest absolute Gasteiger partial charge is 0.366 e. The van der Waals surface area contributed by atoms with Gasteiger partial charge in [0.05, 0.1) is 0 Å². The molecule has 0 bridgehead atoms. The van der Waals surface area contributed by atoms with Gasteiger partial charge in [-0.25, -0.2) is 9.97 Å². The fourth-order valence-electron chi connectivity index (χ4n) is 1.30. The van der Waals surface area contributed by atoms with Gasteiger partial charge in [-0.05, 0) is 12.8 Å². The van der Waals surface area contributed by atoms with Crippen LogP contribution in [0.4, 0.5) is 5.82 Å². The Balaban J connectivity index is 1.67. The first-order valence-corrected chi connectivity index (χ1v) is 5.63. The van der Waals surface area contributed by atoms with Crippen molar-refractivity contribution in [2.24, 2.45) is 5.92 Å². The summed E-state index contributed by atoms with van der Waals surface area (Å²) in [6.07, 6.45) is 5.14. The van der Waals surface area contributed by atoms with Gasteiger partial charge in [0.25, 0.3) is 0 Å². The van der Waals surface area contributed by atoms with Crippen molar-refractivity contribution in [2.75, 3.05) is 18.4 Å². The number of carbonyl (C=O) groups is 1. The Morgan fingerprint density at radius 2 is 2.12 bits per heavy atom. The Morgan fingerprint density at radius 1 is 1.38 bits per heavy atom. The molecular weight excluding hydrogens is 228 g/mol. The minimum absolute atomic E-state index is 0.145. The molecule has 1 heterocycles. The van der Waals surface area contributed by atoms with Gasteiger partial charge in [-0.15, -0.1) is 0 Å². The Bertz CT molecular complexity index is 381. The quantitative estimate of drug-likeness (QED) is 0.756. The van der Waals surface area contributed by atoms with Gasteiger partial charge in [0.15, 0.2) is 11.0 Å². The lowest BCUT2D eigenvalue weighted by Gasteiger charge is -2.07. The highest BCUT2D eigenvalue weighted by Gasteiger charge is 2.28. The maximum absolute atomic E-state index is 11.3. The number of carbonyl (C=O) groups excluding carboxylic acids is 1. The summed E-state index contributed by atoms with van der Waals surface area (Å²) in [5.41, 5.74) is 0. The molecule has 2 N–H and O–H groups in total. The number of hydrogen-bond donors (Lipinski definition) is 2. The van der Waals surface area contributed by atoms with E-state index in [9.17, 15) is 4.79 Å². The fourth-order valence-corrected chi connectivity index (χ4v) is 1.47. The summed E-state index contributed by atoms with van der Waals surface area (Å²) in [6.45, 7) is 1.17. The van der Waals surface area contributed by atoms with Gasteiger partial charge < -0.3 is 10.6 Å². The number of hydrogen-bond acceptors (Lipinski definition) is 4. The molecule has 0 aromatic carbocycles. The first kappa shape index (κ1) is 11.1. The Hall–Kier alpha value is -1.36. The number of rotatable bonds is 5. The van der Waals surface area contributed by atoms with Crippen LogP contribution in [0.1, 0.15) is 12.8 Å². The fraction of sp³-hybridized carbons (Fsp3) is 0.500. The van der Waals surface area contributed by atoms with Gasteiger partial charge in [-0.2, -0.15) is 0 Å². The van der Waals surface area contributed by atoms with Crippen LogP contribution >= 0.6 is 11.6 Å². The van der Waals surface area contributed by atoms with E-state index in [1.54, 1.807) is 6.20 Å². The van der Waals surface area contributed by atoms with Gasteiger partial charge in [-0.1, -0.05) is 11.6 Å². The van der Waals surface area contributed by atoms with Crippen LogP contribution in [0.5, 0.6) is 0 Å². The van der Waals surface area contributed by atoms with E-state index in [4.69, 9.17) is 11.6 Å². The van der Waals surface area contributed by atoms with E-state index in [1.807, 2.05) is 0 Å². The molecule has 1 amide bonds. The van der Waals surface area contributed by atoms with E-state index < -0.39 is 0 Å². The predicted molar refractivity (Wildman–Crippen MR) is 61.3 cm³/mol. The molecular formula is C10H13ClN4O. The lowest BCUT2D eigenvalue weighted by atomic mass is 10.4. The molecule has 1 aliphatic carbocycles. The molecule has 1 aromatic heterocycles. The summed E-state index contributed by atoms with van der Waals surface area (Å²) in [5, 5.41) is 6.19. The van der Waals surface area contributed by atoms with Gasteiger partial charge in [0.2, 0.25) is 5.91 Å². The van der Waals surface area contributed by atoms with Gasteiger partial charge in [-0.3, -0.25) is 4.79 Å². The molecule has 1 aliphatic rings. The summed E-state index contributed by atoms with van der Waals surface area (Å²) >= 11 is 5.80. The molecule has 2 rings (SSSR count). The van der Waals surface area contributed by atoms with Crippen molar-refractivity contribution in [1.82, 2.24) is 15.3 Å². The minimum atomic E-state index is 0.145. The van der Waals surface area contributed by atoms with Crippen LogP contribution in [0, 0.1) is 5.92 Å². The predicted octanol–water partition coefficient (Wildman–Crippen LogP) is 1.07. The lowest BCUT2D eigenvalue weighted by molar-refractivity contribution is -0.122. The standard InChI is InChI=1S/C10H13ClN4O/c11-8-9(13-4-3-12-8)14-5-6-15-10(16)7-1-2-7/h3-4,7H,1-2,5-6H2,(H,13,14)(H,15,16). The van der Waals surface area contributed by atoms with Crippen molar-refractivity contribution >= 4 is 23.3 Å². The summed E-state index contributed by atoms with van der Waals surface area (Å²) in [5.74, 6) is 0.942. The van der Waals surface area contributed by atoms with E-state index in [-0.39, 0.29) is 11.8 Å². The first-order chi connectivity index (χ1) is 7.77. The molecule has 0 atom stereocenters. The van der Waals surface area contributed by atoms with Crippen molar-refractivity contribution in [1.29, 1.82) is 0 Å². The number of aromatic nitrogens is 2. The highest BCUT2D eigenvalue weighted by atomic mass is 35.5. The molecule has 0 saturated heterocycles. The van der Waals surface area contributed by atoms with Crippen LogP contribution in [0.2, 0.25) is 5.15 Å². The molecule has 86 valence electrons. The molecule has 16 heavy (non-hydrogen) atoms. The average molecular weight is 241 g/mol. The highest BCUT2D eigenvalue weighted by Crippen LogP contribution is 2.28. The van der Waals surface area contributed by atoms with Crippen LogP contribution in [0.25, 0.3) is 0 Å². The van der Waals surface area contributed by atoms with Gasteiger partial charge in [0.1, 0.15) is 0 Å². The van der Waals surface area contributed by atoms with Gasteiger partial charge in [0, 0.05) is 31.4 Å². The lowest BCUT2D eigenvalue weighted by Crippen LogP contribution is -2.30. The second kappa shape index (κ2) is 5.12. The van der Waals surface area contributed by atoms with Crippen LogP contribution < -0.4 is 10.6 Å². The number of amides is 1. The van der Waals surface area contributed by atoms with E-state index in [2.05, 4.69) is 20.6 Å². The molecule has 6 heteroatoms. The van der Waals surface area contributed by atoms with Crippen molar-refractivity contribution in [3.05, 3.63) is 17.5 Å². The molecule has 5 nitrogen and oxygen atoms in total. The highest BCUT2D eigenvalue weighted by molar-refractivity contribution is 6.31. The Kier molecular flexibility index (Phi) is 3.56. The topological polar surface area (TPSA) is 66.9 Å².